The van der Waals surface area contributed by atoms with Gasteiger partial charge in [0.25, 0.3) is 0 Å². The molecule has 0 radical (unpaired) electrons. The van der Waals surface area contributed by atoms with Crippen molar-refractivity contribution in [1.82, 2.24) is 10.6 Å². The first-order valence-electron chi connectivity index (χ1n) is 7.59. The van der Waals surface area contributed by atoms with E-state index in [-0.39, 0.29) is 5.82 Å². The van der Waals surface area contributed by atoms with Crippen LogP contribution in [0.2, 0.25) is 0 Å². The summed E-state index contributed by atoms with van der Waals surface area (Å²) in [4.78, 5) is 4.16. The minimum Gasteiger partial charge on any atom is -0.494 e. The van der Waals surface area contributed by atoms with E-state index < -0.39 is 0 Å². The second-order valence-corrected chi connectivity index (χ2v) is 4.79. The molecule has 1 aromatic rings. The molecule has 0 bridgehead atoms. The first kappa shape index (κ1) is 17.3. The van der Waals surface area contributed by atoms with Gasteiger partial charge >= 0.3 is 0 Å². The molecule has 0 saturated carbocycles. The molecule has 0 atom stereocenters. The van der Waals surface area contributed by atoms with Crippen LogP contribution in [-0.4, -0.2) is 32.7 Å². The van der Waals surface area contributed by atoms with Gasteiger partial charge in [-0.3, -0.25) is 4.99 Å². The number of nitrogens with one attached hydrogen (secondary N) is 2. The van der Waals surface area contributed by atoms with Crippen LogP contribution in [0.4, 0.5) is 4.39 Å². The van der Waals surface area contributed by atoms with Crippen molar-refractivity contribution in [2.24, 2.45) is 4.99 Å². The molecule has 1 rings (SSSR count). The normalized spacial score (nSPS) is 11.3. The molecule has 0 heterocycles. The highest BCUT2D eigenvalue weighted by Crippen LogP contribution is 2.11. The maximum Gasteiger partial charge on any atom is 0.190 e. The fourth-order valence-electron chi connectivity index (χ4n) is 1.76. The predicted molar refractivity (Wildman–Crippen MR) is 85.4 cm³/mol. The lowest BCUT2D eigenvalue weighted by molar-refractivity contribution is 0.306. The van der Waals surface area contributed by atoms with Crippen LogP contribution in [0.5, 0.6) is 5.75 Å². The highest BCUT2D eigenvalue weighted by molar-refractivity contribution is 5.79. The molecule has 1 aromatic carbocycles. The monoisotopic (exact) mass is 295 g/mol. The molecule has 5 heteroatoms. The van der Waals surface area contributed by atoms with Crippen LogP contribution < -0.4 is 15.4 Å². The average Bonchev–Trinajstić information content (AvgIpc) is 2.50. The number of guanidine groups is 1. The summed E-state index contributed by atoms with van der Waals surface area (Å²) in [5.74, 6) is 1.32. The Morgan fingerprint density at radius 2 is 1.76 bits per heavy atom. The molecule has 0 aliphatic heterocycles. The van der Waals surface area contributed by atoms with E-state index in [2.05, 4.69) is 22.5 Å². The van der Waals surface area contributed by atoms with E-state index in [1.807, 2.05) is 0 Å². The Morgan fingerprint density at radius 1 is 1.10 bits per heavy atom. The van der Waals surface area contributed by atoms with E-state index in [1.54, 1.807) is 19.2 Å². The van der Waals surface area contributed by atoms with Gasteiger partial charge in [-0.2, -0.15) is 0 Å². The number of rotatable bonds is 9. The van der Waals surface area contributed by atoms with E-state index in [0.717, 1.165) is 38.3 Å². The Kier molecular flexibility index (Phi) is 9.00. The Morgan fingerprint density at radius 3 is 2.38 bits per heavy atom. The maximum absolute atomic E-state index is 12.7. The van der Waals surface area contributed by atoms with E-state index in [1.165, 1.54) is 18.6 Å². The minimum atomic E-state index is -0.242. The second-order valence-electron chi connectivity index (χ2n) is 4.79. The van der Waals surface area contributed by atoms with Gasteiger partial charge in [-0.05, 0) is 43.5 Å². The molecule has 0 spiro atoms. The SMILES string of the molecule is CCCCNC(=NC)NCCCCOc1ccc(F)cc1. The molecule has 0 amide bonds. The number of hydrogen-bond donors (Lipinski definition) is 2. The molecular weight excluding hydrogens is 269 g/mol. The number of halogens is 1. The van der Waals surface area contributed by atoms with Crippen molar-refractivity contribution in [3.8, 4) is 5.75 Å². The molecule has 0 aliphatic carbocycles. The molecule has 2 N–H and O–H groups in total. The van der Waals surface area contributed by atoms with Gasteiger partial charge in [0.05, 0.1) is 6.61 Å². The van der Waals surface area contributed by atoms with Crippen molar-refractivity contribution in [2.75, 3.05) is 26.7 Å². The lowest BCUT2D eigenvalue weighted by atomic mass is 10.3. The van der Waals surface area contributed by atoms with E-state index in [9.17, 15) is 4.39 Å². The molecule has 21 heavy (non-hydrogen) atoms. The van der Waals surface area contributed by atoms with Crippen molar-refractivity contribution < 1.29 is 9.13 Å². The summed E-state index contributed by atoms with van der Waals surface area (Å²) in [6.07, 6.45) is 4.25. The molecule has 0 unspecified atom stereocenters. The number of benzene rings is 1. The topological polar surface area (TPSA) is 45.7 Å². The van der Waals surface area contributed by atoms with Gasteiger partial charge in [-0.1, -0.05) is 13.3 Å². The van der Waals surface area contributed by atoms with Crippen LogP contribution in [0.3, 0.4) is 0 Å². The van der Waals surface area contributed by atoms with Gasteiger partial charge in [0.2, 0.25) is 0 Å². The van der Waals surface area contributed by atoms with Gasteiger partial charge in [0, 0.05) is 20.1 Å². The van der Waals surface area contributed by atoms with Gasteiger partial charge < -0.3 is 15.4 Å². The fraction of sp³-hybridized carbons (Fsp3) is 0.562. The molecule has 0 aliphatic rings. The molecule has 0 saturated heterocycles. The van der Waals surface area contributed by atoms with Crippen molar-refractivity contribution >= 4 is 5.96 Å². The Balaban J connectivity index is 2.04. The summed E-state index contributed by atoms with van der Waals surface area (Å²) in [5.41, 5.74) is 0. The largest absolute Gasteiger partial charge is 0.494 e. The van der Waals surface area contributed by atoms with Gasteiger partial charge in [0.1, 0.15) is 11.6 Å². The highest BCUT2D eigenvalue weighted by Gasteiger charge is 1.97. The van der Waals surface area contributed by atoms with Gasteiger partial charge in [0.15, 0.2) is 5.96 Å². The van der Waals surface area contributed by atoms with Gasteiger partial charge in [-0.15, -0.1) is 0 Å². The summed E-state index contributed by atoms with van der Waals surface area (Å²) < 4.78 is 18.2. The molecular formula is C16H26FN3O. The van der Waals surface area contributed by atoms with Crippen molar-refractivity contribution in [3.05, 3.63) is 30.1 Å². The summed E-state index contributed by atoms with van der Waals surface area (Å²) in [6, 6.07) is 6.10. The third-order valence-electron chi connectivity index (χ3n) is 2.99. The van der Waals surface area contributed by atoms with Crippen LogP contribution in [-0.2, 0) is 0 Å². The number of aliphatic imine (C=N–C) groups is 1. The highest BCUT2D eigenvalue weighted by atomic mass is 19.1. The number of unbranched alkanes of at least 4 members (excludes halogenated alkanes) is 2. The second kappa shape index (κ2) is 10.9. The third-order valence-corrected chi connectivity index (χ3v) is 2.99. The number of ether oxygens (including phenoxy) is 1. The summed E-state index contributed by atoms with van der Waals surface area (Å²) >= 11 is 0. The van der Waals surface area contributed by atoms with Crippen LogP contribution in [0, 0.1) is 5.82 Å². The smallest absolute Gasteiger partial charge is 0.190 e. The first-order valence-corrected chi connectivity index (χ1v) is 7.59. The van der Waals surface area contributed by atoms with Crippen LogP contribution >= 0.6 is 0 Å². The number of nitrogens with zero attached hydrogens (tertiary/aromatic N) is 1. The minimum absolute atomic E-state index is 0.242. The molecule has 0 aromatic heterocycles. The van der Waals surface area contributed by atoms with Crippen molar-refractivity contribution in [1.29, 1.82) is 0 Å². The average molecular weight is 295 g/mol. The zero-order valence-electron chi connectivity index (χ0n) is 13.0. The fourth-order valence-corrected chi connectivity index (χ4v) is 1.76. The quantitative estimate of drug-likeness (QED) is 0.418. The van der Waals surface area contributed by atoms with Crippen LogP contribution in [0.15, 0.2) is 29.3 Å². The van der Waals surface area contributed by atoms with E-state index in [4.69, 9.17) is 4.74 Å². The van der Waals surface area contributed by atoms with Gasteiger partial charge in [-0.25, -0.2) is 4.39 Å². The van der Waals surface area contributed by atoms with Crippen LogP contribution in [0.1, 0.15) is 32.6 Å². The van der Waals surface area contributed by atoms with Crippen LogP contribution in [0.25, 0.3) is 0 Å². The lowest BCUT2D eigenvalue weighted by Crippen LogP contribution is -2.38. The predicted octanol–water partition coefficient (Wildman–Crippen LogP) is 2.95. The standard InChI is InChI=1S/C16H26FN3O/c1-3-4-11-19-16(18-2)20-12-5-6-13-21-15-9-7-14(17)8-10-15/h7-10H,3-6,11-13H2,1-2H3,(H2,18,19,20). The van der Waals surface area contributed by atoms with E-state index in [0.29, 0.717) is 12.4 Å². The molecule has 4 nitrogen and oxygen atoms in total. The lowest BCUT2D eigenvalue weighted by Gasteiger charge is -2.11. The first-order chi connectivity index (χ1) is 10.3. The maximum atomic E-state index is 12.7. The Labute approximate surface area is 126 Å². The van der Waals surface area contributed by atoms with E-state index >= 15 is 0 Å². The zero-order valence-corrected chi connectivity index (χ0v) is 13.0. The summed E-state index contributed by atoms with van der Waals surface area (Å²) in [5, 5.41) is 6.53. The Bertz CT molecular complexity index is 406. The zero-order chi connectivity index (χ0) is 15.3. The number of hydrogen-bond acceptors (Lipinski definition) is 2. The Hall–Kier alpha value is -1.78. The van der Waals surface area contributed by atoms with Crippen molar-refractivity contribution in [2.45, 2.75) is 32.6 Å². The molecule has 118 valence electrons. The third kappa shape index (κ3) is 8.17. The van der Waals surface area contributed by atoms with Crippen molar-refractivity contribution in [3.63, 3.8) is 0 Å². The summed E-state index contributed by atoms with van der Waals surface area (Å²) in [7, 11) is 1.78. The molecule has 0 fully saturated rings. The summed E-state index contributed by atoms with van der Waals surface area (Å²) in [6.45, 7) is 4.61.